The van der Waals surface area contributed by atoms with Gasteiger partial charge in [-0.05, 0) is 12.1 Å². The van der Waals surface area contributed by atoms with Crippen molar-refractivity contribution in [3.05, 3.63) is 23.6 Å². The molecule has 0 amide bonds. The second kappa shape index (κ2) is 7.81. The minimum atomic E-state index is -4.72. The van der Waals surface area contributed by atoms with Gasteiger partial charge in [-0.1, -0.05) is 13.8 Å². The zero-order chi connectivity index (χ0) is 18.8. The number of nitrogens with zero attached hydrogens (tertiary/aromatic N) is 1. The summed E-state index contributed by atoms with van der Waals surface area (Å²) in [6.45, 7) is 3.97. The van der Waals surface area contributed by atoms with Gasteiger partial charge in [0.1, 0.15) is 17.9 Å². The molecule has 25 heavy (non-hydrogen) atoms. The average molecular weight is 367 g/mol. The van der Waals surface area contributed by atoms with Crippen molar-refractivity contribution in [1.29, 1.82) is 0 Å². The van der Waals surface area contributed by atoms with Crippen LogP contribution in [0.1, 0.15) is 19.5 Å². The molecular formula is C15H21F4N3O3. The Kier molecular flexibility index (Phi) is 6.20. The maximum Gasteiger partial charge on any atom is 0.433 e. The van der Waals surface area contributed by atoms with E-state index in [1.54, 1.807) is 0 Å². The van der Waals surface area contributed by atoms with Crippen LogP contribution in [0.15, 0.2) is 12.1 Å². The SMILES string of the molecule is CC(C)NC[C@H]1OC[C@H](Nc2nc(C(F)(F)F)ccc2F)[C@@H](O)[C@H]1O. The van der Waals surface area contributed by atoms with Crippen molar-refractivity contribution >= 4 is 5.82 Å². The molecule has 0 unspecified atom stereocenters. The summed E-state index contributed by atoms with van der Waals surface area (Å²) in [6.07, 6.45) is -8.05. The van der Waals surface area contributed by atoms with Gasteiger partial charge in [0.15, 0.2) is 11.6 Å². The van der Waals surface area contributed by atoms with Crippen molar-refractivity contribution in [2.24, 2.45) is 0 Å². The van der Waals surface area contributed by atoms with Crippen LogP contribution in [-0.2, 0) is 10.9 Å². The summed E-state index contributed by atoms with van der Waals surface area (Å²) in [7, 11) is 0. The number of hydrogen-bond acceptors (Lipinski definition) is 6. The predicted molar refractivity (Wildman–Crippen MR) is 81.5 cm³/mol. The van der Waals surface area contributed by atoms with Gasteiger partial charge in [-0.2, -0.15) is 13.2 Å². The molecule has 2 heterocycles. The molecule has 1 aromatic heterocycles. The van der Waals surface area contributed by atoms with Gasteiger partial charge in [0.05, 0.1) is 18.8 Å². The molecule has 0 aliphatic carbocycles. The van der Waals surface area contributed by atoms with Gasteiger partial charge in [0.25, 0.3) is 0 Å². The van der Waals surface area contributed by atoms with Gasteiger partial charge in [0.2, 0.25) is 0 Å². The van der Waals surface area contributed by atoms with E-state index in [9.17, 15) is 27.8 Å². The first-order valence-corrected chi connectivity index (χ1v) is 7.81. The average Bonchev–Trinajstić information content (AvgIpc) is 2.51. The third-order valence-electron chi connectivity index (χ3n) is 3.82. The molecule has 0 saturated carbocycles. The van der Waals surface area contributed by atoms with Crippen molar-refractivity contribution in [3.8, 4) is 0 Å². The normalized spacial score (nSPS) is 27.6. The summed E-state index contributed by atoms with van der Waals surface area (Å²) in [5.74, 6) is -1.66. The molecule has 1 saturated heterocycles. The Hall–Kier alpha value is -1.49. The number of pyridine rings is 1. The van der Waals surface area contributed by atoms with Crippen LogP contribution in [0.2, 0.25) is 0 Å². The molecule has 1 aliphatic rings. The molecular weight excluding hydrogens is 346 g/mol. The van der Waals surface area contributed by atoms with Crippen molar-refractivity contribution < 1.29 is 32.5 Å². The van der Waals surface area contributed by atoms with Crippen LogP contribution in [0.5, 0.6) is 0 Å². The summed E-state index contributed by atoms with van der Waals surface area (Å²) in [4.78, 5) is 3.20. The fourth-order valence-electron chi connectivity index (χ4n) is 2.42. The number of rotatable bonds is 5. The molecule has 4 atom stereocenters. The zero-order valence-electron chi connectivity index (χ0n) is 13.7. The lowest BCUT2D eigenvalue weighted by Gasteiger charge is -2.38. The largest absolute Gasteiger partial charge is 0.433 e. The molecule has 6 nitrogen and oxygen atoms in total. The highest BCUT2D eigenvalue weighted by molar-refractivity contribution is 5.39. The summed E-state index contributed by atoms with van der Waals surface area (Å²) in [5.41, 5.74) is -1.26. The first kappa shape index (κ1) is 19.8. The standard InChI is InChI=1S/C15H21F4N3O3/c1-7(2)20-5-10-13(24)12(23)9(6-25-10)21-14-8(16)3-4-11(22-14)15(17,18)19/h3-4,7,9-10,12-13,20,23-24H,5-6H2,1-2H3,(H,21,22)/t9-,10+,12+,13-/m0/s1. The number of hydrogen-bond donors (Lipinski definition) is 4. The Balaban J connectivity index is 2.07. The summed E-state index contributed by atoms with van der Waals surface area (Å²) in [6, 6.07) is 0.305. The van der Waals surface area contributed by atoms with E-state index in [0.717, 1.165) is 0 Å². The highest BCUT2D eigenvalue weighted by Gasteiger charge is 2.39. The molecule has 142 valence electrons. The number of anilines is 1. The summed E-state index contributed by atoms with van der Waals surface area (Å²) < 4.78 is 57.2. The molecule has 2 rings (SSSR count). The summed E-state index contributed by atoms with van der Waals surface area (Å²) >= 11 is 0. The van der Waals surface area contributed by atoms with E-state index in [2.05, 4.69) is 15.6 Å². The molecule has 0 aromatic carbocycles. The molecule has 0 radical (unpaired) electrons. The van der Waals surface area contributed by atoms with Crippen LogP contribution in [0, 0.1) is 5.82 Å². The Bertz CT molecular complexity index is 586. The smallest absolute Gasteiger partial charge is 0.388 e. The third kappa shape index (κ3) is 5.00. The van der Waals surface area contributed by atoms with Crippen LogP contribution in [-0.4, -0.2) is 58.7 Å². The van der Waals surface area contributed by atoms with E-state index in [-0.39, 0.29) is 12.6 Å². The van der Waals surface area contributed by atoms with Crippen LogP contribution < -0.4 is 10.6 Å². The Morgan fingerprint density at radius 2 is 1.96 bits per heavy atom. The number of aliphatic hydroxyl groups is 2. The van der Waals surface area contributed by atoms with Gasteiger partial charge >= 0.3 is 6.18 Å². The van der Waals surface area contributed by atoms with E-state index in [4.69, 9.17) is 4.74 Å². The maximum atomic E-state index is 13.7. The lowest BCUT2D eigenvalue weighted by molar-refractivity contribution is -0.141. The van der Waals surface area contributed by atoms with E-state index < -0.39 is 47.9 Å². The van der Waals surface area contributed by atoms with E-state index in [1.165, 1.54) is 0 Å². The van der Waals surface area contributed by atoms with E-state index in [1.807, 2.05) is 13.8 Å². The quantitative estimate of drug-likeness (QED) is 0.584. The van der Waals surface area contributed by atoms with Crippen molar-refractivity contribution in [2.75, 3.05) is 18.5 Å². The second-order valence-corrected chi connectivity index (χ2v) is 6.19. The number of ether oxygens (including phenoxy) is 1. The highest BCUT2D eigenvalue weighted by atomic mass is 19.4. The Morgan fingerprint density at radius 3 is 2.56 bits per heavy atom. The number of halogens is 4. The van der Waals surface area contributed by atoms with Gasteiger partial charge in [-0.3, -0.25) is 0 Å². The van der Waals surface area contributed by atoms with E-state index in [0.29, 0.717) is 18.7 Å². The summed E-state index contributed by atoms with van der Waals surface area (Å²) in [5, 5.41) is 25.7. The fourth-order valence-corrected chi connectivity index (χ4v) is 2.42. The van der Waals surface area contributed by atoms with Crippen molar-refractivity contribution in [1.82, 2.24) is 10.3 Å². The number of aromatic nitrogens is 1. The first-order chi connectivity index (χ1) is 11.6. The second-order valence-electron chi connectivity index (χ2n) is 6.19. The van der Waals surface area contributed by atoms with Gasteiger partial charge in [0, 0.05) is 12.6 Å². The highest BCUT2D eigenvalue weighted by Crippen LogP contribution is 2.29. The van der Waals surface area contributed by atoms with Crippen LogP contribution in [0.4, 0.5) is 23.4 Å². The lowest BCUT2D eigenvalue weighted by atomic mass is 9.97. The van der Waals surface area contributed by atoms with Gasteiger partial charge in [-0.25, -0.2) is 9.37 Å². The van der Waals surface area contributed by atoms with Crippen molar-refractivity contribution in [2.45, 2.75) is 50.4 Å². The lowest BCUT2D eigenvalue weighted by Crippen LogP contribution is -2.58. The molecule has 4 N–H and O–H groups in total. The minimum Gasteiger partial charge on any atom is -0.388 e. The van der Waals surface area contributed by atoms with Crippen LogP contribution in [0.3, 0.4) is 0 Å². The molecule has 0 spiro atoms. The fraction of sp³-hybridized carbons (Fsp3) is 0.667. The molecule has 10 heteroatoms. The topological polar surface area (TPSA) is 86.6 Å². The predicted octanol–water partition coefficient (Wildman–Crippen LogP) is 1.14. The molecule has 0 bridgehead atoms. The molecule has 1 aliphatic heterocycles. The number of aliphatic hydroxyl groups excluding tert-OH is 2. The maximum absolute atomic E-state index is 13.7. The van der Waals surface area contributed by atoms with Crippen molar-refractivity contribution in [3.63, 3.8) is 0 Å². The zero-order valence-corrected chi connectivity index (χ0v) is 13.7. The number of nitrogens with one attached hydrogen (secondary N) is 2. The molecule has 1 fully saturated rings. The Labute approximate surface area is 142 Å². The monoisotopic (exact) mass is 367 g/mol. The van der Waals surface area contributed by atoms with Gasteiger partial charge in [-0.15, -0.1) is 0 Å². The van der Waals surface area contributed by atoms with Crippen LogP contribution >= 0.6 is 0 Å². The molecule has 1 aromatic rings. The van der Waals surface area contributed by atoms with E-state index >= 15 is 0 Å². The number of alkyl halides is 3. The third-order valence-corrected chi connectivity index (χ3v) is 3.82. The minimum absolute atomic E-state index is 0.125. The van der Waals surface area contributed by atoms with Crippen LogP contribution in [0.25, 0.3) is 0 Å². The van der Waals surface area contributed by atoms with Gasteiger partial charge < -0.3 is 25.6 Å². The first-order valence-electron chi connectivity index (χ1n) is 7.81. The Morgan fingerprint density at radius 1 is 1.28 bits per heavy atom.